The van der Waals surface area contributed by atoms with Gasteiger partial charge in [0.05, 0.1) is 0 Å². The summed E-state index contributed by atoms with van der Waals surface area (Å²) in [5, 5.41) is 8.64. The van der Waals surface area contributed by atoms with Gasteiger partial charge in [-0.1, -0.05) is 121 Å². The number of rotatable bonds is 14. The molecular weight excluding hydrogens is 320 g/mol. The second-order valence-electron chi connectivity index (χ2n) is 6.81. The van der Waals surface area contributed by atoms with E-state index >= 15 is 0 Å². The Kier molecular flexibility index (Phi) is 16.7. The van der Waals surface area contributed by atoms with Gasteiger partial charge < -0.3 is 5.11 Å². The van der Waals surface area contributed by atoms with Crippen LogP contribution >= 0.6 is 0 Å². The maximum Gasteiger partial charge on any atom is 0.330 e. The van der Waals surface area contributed by atoms with Gasteiger partial charge >= 0.3 is 5.97 Å². The maximum atomic E-state index is 10.5. The van der Waals surface area contributed by atoms with Crippen molar-refractivity contribution in [2.75, 3.05) is 0 Å². The van der Waals surface area contributed by atoms with Crippen LogP contribution in [0.5, 0.6) is 0 Å². The van der Waals surface area contributed by atoms with Gasteiger partial charge in [-0.2, -0.15) is 0 Å². The van der Waals surface area contributed by atoms with E-state index in [2.05, 4.69) is 20.1 Å². The first-order chi connectivity index (χ1) is 12.6. The molecule has 0 aromatic heterocycles. The number of carboxylic acid groups (broad SMARTS) is 1. The van der Waals surface area contributed by atoms with Crippen molar-refractivity contribution in [2.45, 2.75) is 84.0 Å². The minimum Gasteiger partial charge on any atom is -0.478 e. The molecule has 0 heterocycles. The topological polar surface area (TPSA) is 37.3 Å². The summed E-state index contributed by atoms with van der Waals surface area (Å²) in [6, 6.07) is 10.0. The van der Waals surface area contributed by atoms with Gasteiger partial charge in [0.1, 0.15) is 0 Å². The van der Waals surface area contributed by atoms with Crippen molar-refractivity contribution in [2.24, 2.45) is 0 Å². The van der Waals surface area contributed by atoms with Crippen LogP contribution in [0.1, 0.15) is 89.5 Å². The van der Waals surface area contributed by atoms with Crippen LogP contribution in [-0.4, -0.2) is 11.1 Å². The fraction of sp³-hybridized carbons (Fsp3) is 0.542. The van der Waals surface area contributed by atoms with Gasteiger partial charge in [-0.3, -0.25) is 0 Å². The van der Waals surface area contributed by atoms with Crippen molar-refractivity contribution in [3.05, 3.63) is 54.6 Å². The lowest BCUT2D eigenvalue weighted by Crippen LogP contribution is -1.98. The van der Waals surface area contributed by atoms with Crippen molar-refractivity contribution < 1.29 is 9.90 Å². The molecule has 146 valence electrons. The predicted octanol–water partition coefficient (Wildman–Crippen LogP) is 7.66. The Labute approximate surface area is 161 Å². The van der Waals surface area contributed by atoms with E-state index in [9.17, 15) is 4.79 Å². The average Bonchev–Trinajstić information content (AvgIpc) is 2.67. The third-order valence-corrected chi connectivity index (χ3v) is 4.42. The van der Waals surface area contributed by atoms with Gasteiger partial charge in [0.25, 0.3) is 0 Å². The molecule has 1 aromatic rings. The summed E-state index contributed by atoms with van der Waals surface area (Å²) in [4.78, 5) is 10.5. The first-order valence-corrected chi connectivity index (χ1v) is 10.2. The molecule has 26 heavy (non-hydrogen) atoms. The number of hydrogen-bond donors (Lipinski definition) is 1. The molecule has 2 heteroatoms. The molecule has 0 unspecified atom stereocenters. The summed E-state index contributed by atoms with van der Waals surface area (Å²) in [5.74, 6) is -0.845. The van der Waals surface area contributed by atoms with Crippen LogP contribution < -0.4 is 0 Å². The van der Waals surface area contributed by atoms with E-state index in [-0.39, 0.29) is 0 Å². The molecule has 0 radical (unpaired) electrons. The average molecular weight is 359 g/mol. The predicted molar refractivity (Wildman–Crippen MR) is 114 cm³/mol. The number of carbonyl (C=O) groups is 1. The minimum absolute atomic E-state index is 0.353. The van der Waals surface area contributed by atoms with Crippen LogP contribution in [0.15, 0.2) is 49.1 Å². The lowest BCUT2D eigenvalue weighted by atomic mass is 10.0. The van der Waals surface area contributed by atoms with E-state index in [1.54, 1.807) is 0 Å². The normalized spacial score (nSPS) is 9.88. The molecule has 1 rings (SSSR count). The third kappa shape index (κ3) is 15.7. The lowest BCUT2D eigenvalue weighted by Gasteiger charge is -2.02. The quantitative estimate of drug-likeness (QED) is 0.274. The van der Waals surface area contributed by atoms with Gasteiger partial charge in [-0.15, -0.1) is 0 Å². The fourth-order valence-electron chi connectivity index (χ4n) is 2.70. The summed E-state index contributed by atoms with van der Waals surface area (Å²) >= 11 is 0. The molecule has 0 atom stereocenters. The highest BCUT2D eigenvalue weighted by atomic mass is 16.4. The van der Waals surface area contributed by atoms with Crippen LogP contribution in [0.3, 0.4) is 0 Å². The largest absolute Gasteiger partial charge is 0.478 e. The summed E-state index contributed by atoms with van der Waals surface area (Å²) < 4.78 is 0. The molecular formula is C24H38O2. The highest BCUT2D eigenvalue weighted by molar-refractivity contribution is 5.85. The summed E-state index contributed by atoms with van der Waals surface area (Å²) in [6.45, 7) is 9.42. The monoisotopic (exact) mass is 358 g/mol. The summed E-state index contributed by atoms with van der Waals surface area (Å²) in [7, 11) is 0. The van der Waals surface area contributed by atoms with Crippen molar-refractivity contribution in [3.8, 4) is 0 Å². The Morgan fingerprint density at radius 1 is 0.885 bits per heavy atom. The molecule has 0 spiro atoms. The number of aliphatic carboxylic acids is 1. The zero-order chi connectivity index (χ0) is 19.5. The van der Waals surface area contributed by atoms with E-state index in [1.165, 1.54) is 63.4 Å². The Morgan fingerprint density at radius 3 is 1.73 bits per heavy atom. The second-order valence-corrected chi connectivity index (χ2v) is 6.81. The molecule has 0 saturated carbocycles. The van der Waals surface area contributed by atoms with Crippen molar-refractivity contribution in [1.82, 2.24) is 0 Å². The second kappa shape index (κ2) is 18.0. The van der Waals surface area contributed by atoms with Crippen LogP contribution in [0.25, 0.3) is 6.08 Å². The maximum absolute atomic E-state index is 10.5. The third-order valence-electron chi connectivity index (χ3n) is 4.42. The minimum atomic E-state index is -0.845. The van der Waals surface area contributed by atoms with E-state index in [4.69, 9.17) is 5.11 Å². The zero-order valence-electron chi connectivity index (χ0n) is 16.7. The number of unbranched alkanes of at least 4 members (excludes halogenated alkanes) is 10. The van der Waals surface area contributed by atoms with Gasteiger partial charge in [0.2, 0.25) is 0 Å². The van der Waals surface area contributed by atoms with Crippen LogP contribution in [0.4, 0.5) is 0 Å². The Hall–Kier alpha value is -1.83. The van der Waals surface area contributed by atoms with Gasteiger partial charge in [-0.25, -0.2) is 4.79 Å². The molecule has 0 bridgehead atoms. The molecule has 2 nitrogen and oxygen atoms in total. The number of benzene rings is 1. The van der Waals surface area contributed by atoms with Gasteiger partial charge in [0.15, 0.2) is 0 Å². The van der Waals surface area contributed by atoms with Gasteiger partial charge in [-0.05, 0) is 18.4 Å². The van der Waals surface area contributed by atoms with E-state index in [0.29, 0.717) is 12.0 Å². The van der Waals surface area contributed by atoms with Crippen LogP contribution in [0.2, 0.25) is 0 Å². The standard InChI is InChI=1S/C16H30O2.C8H8/c1-3-4-5-6-7-8-9-10-11-12-13-14-15(2)16(17)18;1-2-8-6-4-3-5-7-8/h2-14H2,1H3,(H,17,18);2-7H,1H2. The number of carboxylic acids is 1. The number of hydrogen-bond acceptors (Lipinski definition) is 1. The van der Waals surface area contributed by atoms with Crippen LogP contribution in [0, 0.1) is 0 Å². The van der Waals surface area contributed by atoms with Gasteiger partial charge in [0, 0.05) is 5.57 Å². The zero-order valence-corrected chi connectivity index (χ0v) is 16.7. The summed E-state index contributed by atoms with van der Waals surface area (Å²) in [6.07, 6.45) is 16.7. The molecule has 0 amide bonds. The molecule has 0 aliphatic heterocycles. The van der Waals surface area contributed by atoms with Crippen molar-refractivity contribution >= 4 is 12.0 Å². The molecule has 0 fully saturated rings. The highest BCUT2D eigenvalue weighted by Gasteiger charge is 2.02. The molecule has 0 aliphatic rings. The Bertz CT molecular complexity index is 476. The fourth-order valence-corrected chi connectivity index (χ4v) is 2.70. The first-order valence-electron chi connectivity index (χ1n) is 10.2. The Morgan fingerprint density at radius 2 is 1.35 bits per heavy atom. The lowest BCUT2D eigenvalue weighted by molar-refractivity contribution is -0.132. The smallest absolute Gasteiger partial charge is 0.330 e. The van der Waals surface area contributed by atoms with E-state index in [1.807, 2.05) is 36.4 Å². The Balaban J connectivity index is 0.000000642. The SMILES string of the molecule is C=C(CCCCCCCCCCCCC)C(=O)O.C=Cc1ccccc1. The molecule has 0 saturated heterocycles. The van der Waals surface area contributed by atoms with E-state index in [0.717, 1.165) is 12.8 Å². The molecule has 1 aromatic carbocycles. The molecule has 1 N–H and O–H groups in total. The first kappa shape index (κ1) is 24.2. The highest BCUT2D eigenvalue weighted by Crippen LogP contribution is 2.13. The van der Waals surface area contributed by atoms with Crippen molar-refractivity contribution in [3.63, 3.8) is 0 Å². The van der Waals surface area contributed by atoms with Crippen molar-refractivity contribution in [1.29, 1.82) is 0 Å². The van der Waals surface area contributed by atoms with E-state index < -0.39 is 5.97 Å². The van der Waals surface area contributed by atoms with Crippen LogP contribution in [-0.2, 0) is 4.79 Å². The summed E-state index contributed by atoms with van der Waals surface area (Å²) in [5.41, 5.74) is 1.53. The molecule has 0 aliphatic carbocycles.